The molecule has 3 unspecified atom stereocenters. The molecule has 0 amide bonds. The summed E-state index contributed by atoms with van der Waals surface area (Å²) in [6, 6.07) is 0. The van der Waals surface area contributed by atoms with Crippen LogP contribution in [-0.2, 0) is 9.53 Å². The van der Waals surface area contributed by atoms with Crippen LogP contribution in [0.5, 0.6) is 0 Å². The summed E-state index contributed by atoms with van der Waals surface area (Å²) in [5.74, 6) is 2.27. The van der Waals surface area contributed by atoms with Gasteiger partial charge in [0.1, 0.15) is 5.60 Å². The molecular formula is C22H27NO3. The Morgan fingerprint density at radius 2 is 2.15 bits per heavy atom. The minimum Gasteiger partial charge on any atom is -0.451 e. The lowest BCUT2D eigenvalue weighted by Gasteiger charge is -2.55. The van der Waals surface area contributed by atoms with Crippen molar-refractivity contribution >= 4 is 11.7 Å². The van der Waals surface area contributed by atoms with Crippen LogP contribution in [0, 0.1) is 29.1 Å². The standard InChI is InChI=1S/C22H27NO3/c1-2-21-10-7-17-16-6-4-15(23-25)13-14(16)3-5-18(17)19(21)8-11-22(21)12-9-20(24)26-22/h3,5,9,12-13,16-19,25H,2,4,6-8,10-11H2,1H3/b23-15-/t16-,17?,18?,19?,21-,22+/m0/s1. The van der Waals surface area contributed by atoms with Crippen LogP contribution in [0.3, 0.4) is 0 Å². The van der Waals surface area contributed by atoms with Gasteiger partial charge in [0.25, 0.3) is 0 Å². The molecule has 5 rings (SSSR count). The maximum Gasteiger partial charge on any atom is 0.331 e. The van der Waals surface area contributed by atoms with Gasteiger partial charge in [-0.2, -0.15) is 0 Å². The van der Waals surface area contributed by atoms with E-state index in [-0.39, 0.29) is 17.0 Å². The van der Waals surface area contributed by atoms with E-state index in [0.29, 0.717) is 23.7 Å². The van der Waals surface area contributed by atoms with Gasteiger partial charge in [-0.15, -0.1) is 0 Å². The molecule has 138 valence electrons. The van der Waals surface area contributed by atoms with Crippen molar-refractivity contribution in [1.29, 1.82) is 0 Å². The van der Waals surface area contributed by atoms with Crippen LogP contribution in [0.2, 0.25) is 0 Å². The van der Waals surface area contributed by atoms with E-state index in [1.807, 2.05) is 0 Å². The summed E-state index contributed by atoms with van der Waals surface area (Å²) in [5, 5.41) is 12.5. The number of hydrogen-bond acceptors (Lipinski definition) is 4. The van der Waals surface area contributed by atoms with Crippen LogP contribution in [-0.4, -0.2) is 22.5 Å². The lowest BCUT2D eigenvalue weighted by molar-refractivity contribution is -0.162. The Balaban J connectivity index is 1.52. The molecular weight excluding hydrogens is 326 g/mol. The van der Waals surface area contributed by atoms with Gasteiger partial charge in [-0.05, 0) is 86.3 Å². The van der Waals surface area contributed by atoms with Crippen molar-refractivity contribution in [1.82, 2.24) is 0 Å². The van der Waals surface area contributed by atoms with Crippen LogP contribution >= 0.6 is 0 Å². The summed E-state index contributed by atoms with van der Waals surface area (Å²) in [5.41, 5.74) is 1.88. The van der Waals surface area contributed by atoms with Gasteiger partial charge in [0.15, 0.2) is 0 Å². The second-order valence-corrected chi connectivity index (χ2v) is 8.82. The monoisotopic (exact) mass is 353 g/mol. The lowest BCUT2D eigenvalue weighted by Crippen LogP contribution is -2.53. The molecule has 0 radical (unpaired) electrons. The second-order valence-electron chi connectivity index (χ2n) is 8.82. The predicted octanol–water partition coefficient (Wildman–Crippen LogP) is 4.41. The maximum atomic E-state index is 11.9. The lowest BCUT2D eigenvalue weighted by atomic mass is 9.51. The fourth-order valence-electron chi connectivity index (χ4n) is 7.19. The Morgan fingerprint density at radius 3 is 2.88 bits per heavy atom. The topological polar surface area (TPSA) is 58.9 Å². The van der Waals surface area contributed by atoms with Crippen LogP contribution in [0.4, 0.5) is 0 Å². The predicted molar refractivity (Wildman–Crippen MR) is 98.8 cm³/mol. The van der Waals surface area contributed by atoms with E-state index in [1.54, 1.807) is 6.08 Å². The van der Waals surface area contributed by atoms with E-state index in [9.17, 15) is 4.79 Å². The minimum absolute atomic E-state index is 0.0920. The molecule has 0 bridgehead atoms. The van der Waals surface area contributed by atoms with E-state index < -0.39 is 0 Å². The van der Waals surface area contributed by atoms with Gasteiger partial charge in [-0.25, -0.2) is 4.79 Å². The number of esters is 1. The zero-order chi connectivity index (χ0) is 17.9. The maximum absolute atomic E-state index is 11.9. The summed E-state index contributed by atoms with van der Waals surface area (Å²) < 4.78 is 5.96. The molecule has 26 heavy (non-hydrogen) atoms. The quantitative estimate of drug-likeness (QED) is 0.432. The Hall–Kier alpha value is -1.84. The Bertz CT molecular complexity index is 763. The van der Waals surface area contributed by atoms with Crippen molar-refractivity contribution in [2.75, 3.05) is 0 Å². The molecule has 1 spiro atoms. The summed E-state index contributed by atoms with van der Waals surface area (Å²) in [6.07, 6.45) is 18.0. The van der Waals surface area contributed by atoms with E-state index in [2.05, 4.69) is 36.4 Å². The smallest absolute Gasteiger partial charge is 0.331 e. The number of allylic oxidation sites excluding steroid dienone is 4. The highest BCUT2D eigenvalue weighted by Gasteiger charge is 2.65. The normalized spacial score (nSPS) is 47.5. The molecule has 4 nitrogen and oxygen atoms in total. The van der Waals surface area contributed by atoms with Crippen molar-refractivity contribution in [2.45, 2.75) is 57.5 Å². The molecule has 4 aliphatic carbocycles. The number of nitrogens with zero attached hydrogens (tertiary/aromatic N) is 1. The number of fused-ring (bicyclic) bond motifs is 6. The first-order valence-corrected chi connectivity index (χ1v) is 10.2. The average Bonchev–Trinajstić information content (AvgIpc) is 3.22. The van der Waals surface area contributed by atoms with Crippen molar-refractivity contribution in [3.8, 4) is 0 Å². The van der Waals surface area contributed by atoms with Gasteiger partial charge in [0.2, 0.25) is 0 Å². The first-order valence-electron chi connectivity index (χ1n) is 10.2. The van der Waals surface area contributed by atoms with Gasteiger partial charge < -0.3 is 9.94 Å². The summed E-state index contributed by atoms with van der Waals surface area (Å²) >= 11 is 0. The third kappa shape index (κ3) is 1.96. The molecule has 1 N–H and O–H groups in total. The van der Waals surface area contributed by atoms with Crippen LogP contribution in [0.1, 0.15) is 51.9 Å². The van der Waals surface area contributed by atoms with Crippen molar-refractivity contribution < 1.29 is 14.7 Å². The Morgan fingerprint density at radius 1 is 1.27 bits per heavy atom. The van der Waals surface area contributed by atoms with Crippen LogP contribution in [0.15, 0.2) is 41.1 Å². The van der Waals surface area contributed by atoms with Gasteiger partial charge in [-0.3, -0.25) is 0 Å². The SMILES string of the molecule is CC[C@]12CCC3C(C=CC4=C/C(=N\O)CC[C@@H]43)C1CC[C@@]21C=CC(=O)O1. The highest BCUT2D eigenvalue weighted by molar-refractivity contribution is 5.96. The highest BCUT2D eigenvalue weighted by Crippen LogP contribution is 2.67. The van der Waals surface area contributed by atoms with Gasteiger partial charge in [0, 0.05) is 11.5 Å². The highest BCUT2D eigenvalue weighted by atomic mass is 16.6. The number of ether oxygens (including phenoxy) is 1. The van der Waals surface area contributed by atoms with Crippen LogP contribution < -0.4 is 0 Å². The number of hydrogen-bond donors (Lipinski definition) is 1. The molecule has 5 aliphatic rings. The second kappa shape index (κ2) is 5.58. The molecule has 2 saturated carbocycles. The van der Waals surface area contributed by atoms with Crippen molar-refractivity contribution in [2.24, 2.45) is 34.2 Å². The minimum atomic E-state index is -0.359. The molecule has 4 heteroatoms. The zero-order valence-electron chi connectivity index (χ0n) is 15.4. The molecule has 1 aliphatic heterocycles. The summed E-state index contributed by atoms with van der Waals surface area (Å²) in [7, 11) is 0. The number of carbonyl (C=O) groups excluding carboxylic acids is 1. The van der Waals surface area contributed by atoms with Gasteiger partial charge in [0.05, 0.1) is 5.71 Å². The van der Waals surface area contributed by atoms with Crippen molar-refractivity contribution in [3.05, 3.63) is 36.0 Å². The molecule has 0 saturated heterocycles. The number of carbonyl (C=O) groups is 1. The van der Waals surface area contributed by atoms with Gasteiger partial charge in [-0.1, -0.05) is 24.2 Å². The first kappa shape index (κ1) is 16.3. The van der Waals surface area contributed by atoms with Gasteiger partial charge >= 0.3 is 5.97 Å². The molecule has 0 aromatic heterocycles. The number of rotatable bonds is 1. The van der Waals surface area contributed by atoms with E-state index in [0.717, 1.165) is 44.2 Å². The zero-order valence-corrected chi connectivity index (χ0v) is 15.4. The van der Waals surface area contributed by atoms with E-state index in [4.69, 9.17) is 9.94 Å². The molecule has 0 aromatic carbocycles. The number of oxime groups is 1. The Kier molecular flexibility index (Phi) is 3.51. The summed E-state index contributed by atoms with van der Waals surface area (Å²) in [6.45, 7) is 2.28. The summed E-state index contributed by atoms with van der Waals surface area (Å²) in [4.78, 5) is 11.9. The van der Waals surface area contributed by atoms with Crippen LogP contribution in [0.25, 0.3) is 0 Å². The van der Waals surface area contributed by atoms with Crippen molar-refractivity contribution in [3.63, 3.8) is 0 Å². The molecule has 0 aromatic rings. The largest absolute Gasteiger partial charge is 0.451 e. The third-order valence-electron chi connectivity index (χ3n) is 8.29. The Labute approximate surface area is 154 Å². The molecule has 6 atom stereocenters. The van der Waals surface area contributed by atoms with E-state index in [1.165, 1.54) is 12.0 Å². The fourth-order valence-corrected chi connectivity index (χ4v) is 7.19. The molecule has 1 heterocycles. The average molecular weight is 353 g/mol. The molecule has 2 fully saturated rings. The third-order valence-corrected chi connectivity index (χ3v) is 8.29. The first-order chi connectivity index (χ1) is 12.6. The van der Waals surface area contributed by atoms with E-state index >= 15 is 0 Å². The fraction of sp³-hybridized carbons (Fsp3) is 0.636.